The van der Waals surface area contributed by atoms with E-state index in [9.17, 15) is 9.59 Å². The first-order valence-electron chi connectivity index (χ1n) is 7.60. The molecule has 2 rings (SSSR count). The lowest BCUT2D eigenvalue weighted by Gasteiger charge is -2.14. The Morgan fingerprint density at radius 1 is 1.23 bits per heavy atom. The predicted octanol–water partition coefficient (Wildman–Crippen LogP) is 2.99. The third-order valence-electron chi connectivity index (χ3n) is 3.38. The molecule has 1 aromatic carbocycles. The minimum Gasteiger partial charge on any atom is -0.488 e. The summed E-state index contributed by atoms with van der Waals surface area (Å²) in [6.07, 6.45) is 0.809. The lowest BCUT2D eigenvalue weighted by Crippen LogP contribution is -2.22. The molecule has 2 aromatic rings. The fraction of sp³-hybridized carbons (Fsp3) is 0.412. The van der Waals surface area contributed by atoms with Crippen molar-refractivity contribution in [1.82, 2.24) is 4.57 Å². The quantitative estimate of drug-likeness (QED) is 0.770. The van der Waals surface area contributed by atoms with Gasteiger partial charge in [-0.05, 0) is 38.5 Å². The maximum absolute atomic E-state index is 12.4. The van der Waals surface area contributed by atoms with Crippen LogP contribution >= 0.6 is 0 Å². The van der Waals surface area contributed by atoms with E-state index in [1.54, 1.807) is 29.7 Å². The van der Waals surface area contributed by atoms with Gasteiger partial charge in [-0.2, -0.15) is 0 Å². The van der Waals surface area contributed by atoms with Crippen LogP contribution in [0.15, 0.2) is 29.1 Å². The Balaban J connectivity index is 2.70. The second-order valence-corrected chi connectivity index (χ2v) is 4.87. The first-order valence-corrected chi connectivity index (χ1v) is 7.60. The van der Waals surface area contributed by atoms with Gasteiger partial charge in [0.05, 0.1) is 24.3 Å². The third-order valence-corrected chi connectivity index (χ3v) is 3.38. The van der Waals surface area contributed by atoms with E-state index >= 15 is 0 Å². The van der Waals surface area contributed by atoms with Crippen molar-refractivity contribution >= 4 is 16.9 Å². The van der Waals surface area contributed by atoms with Crippen molar-refractivity contribution in [2.75, 3.05) is 13.2 Å². The van der Waals surface area contributed by atoms with Gasteiger partial charge in [0.1, 0.15) is 0 Å². The van der Waals surface area contributed by atoms with Crippen LogP contribution in [0, 0.1) is 0 Å². The van der Waals surface area contributed by atoms with Crippen molar-refractivity contribution in [2.24, 2.45) is 0 Å². The zero-order valence-electron chi connectivity index (χ0n) is 13.2. The molecule has 0 atom stereocenters. The fourth-order valence-corrected chi connectivity index (χ4v) is 2.39. The van der Waals surface area contributed by atoms with E-state index in [1.165, 1.54) is 0 Å². The van der Waals surface area contributed by atoms with Gasteiger partial charge in [-0.15, -0.1) is 0 Å². The third kappa shape index (κ3) is 2.98. The maximum atomic E-state index is 12.4. The summed E-state index contributed by atoms with van der Waals surface area (Å²) in [5.74, 6) is -0.121. The number of hydrogen-bond donors (Lipinski definition) is 0. The van der Waals surface area contributed by atoms with E-state index in [4.69, 9.17) is 9.47 Å². The minimum absolute atomic E-state index is 0.176. The van der Waals surface area contributed by atoms with Crippen molar-refractivity contribution < 1.29 is 14.3 Å². The molecule has 5 nitrogen and oxygen atoms in total. The minimum atomic E-state index is -0.393. The van der Waals surface area contributed by atoms with Crippen LogP contribution in [0.5, 0.6) is 5.75 Å². The highest BCUT2D eigenvalue weighted by atomic mass is 16.5. The summed E-state index contributed by atoms with van der Waals surface area (Å²) >= 11 is 0. The van der Waals surface area contributed by atoms with Crippen LogP contribution in [0.25, 0.3) is 10.9 Å². The summed E-state index contributed by atoms with van der Waals surface area (Å²) in [6, 6.07) is 6.93. The molecule has 1 heterocycles. The number of aromatic nitrogens is 1. The van der Waals surface area contributed by atoms with Gasteiger partial charge >= 0.3 is 5.97 Å². The van der Waals surface area contributed by atoms with Gasteiger partial charge in [-0.25, -0.2) is 4.79 Å². The Hall–Kier alpha value is -2.30. The number of aryl methyl sites for hydroxylation is 1. The first kappa shape index (κ1) is 16.1. The van der Waals surface area contributed by atoms with Crippen molar-refractivity contribution in [3.63, 3.8) is 0 Å². The van der Waals surface area contributed by atoms with Crippen molar-refractivity contribution in [3.05, 3.63) is 40.2 Å². The average Bonchev–Trinajstić information content (AvgIpc) is 2.52. The highest BCUT2D eigenvalue weighted by molar-refractivity contribution is 6.03. The molecule has 0 saturated heterocycles. The molecule has 1 aromatic heterocycles. The lowest BCUT2D eigenvalue weighted by atomic mass is 10.1. The van der Waals surface area contributed by atoms with E-state index in [-0.39, 0.29) is 11.3 Å². The van der Waals surface area contributed by atoms with Crippen molar-refractivity contribution in [3.8, 4) is 5.75 Å². The molecule has 0 unspecified atom stereocenters. The molecule has 0 amide bonds. The number of esters is 1. The van der Waals surface area contributed by atoms with Crippen molar-refractivity contribution in [2.45, 2.75) is 33.7 Å². The first-order chi connectivity index (χ1) is 10.6. The Bertz CT molecular complexity index is 733. The molecule has 118 valence electrons. The molecule has 22 heavy (non-hydrogen) atoms. The standard InChI is InChI=1S/C17H21NO4/c1-4-10-22-15-11-13-12(17(20)21-6-3)8-7-9-14(13)18(5-2)16(15)19/h7-9,11H,4-6,10H2,1-3H3. The zero-order chi connectivity index (χ0) is 16.1. The van der Waals surface area contributed by atoms with Gasteiger partial charge in [0.15, 0.2) is 5.75 Å². The molecule has 0 spiro atoms. The van der Waals surface area contributed by atoms with E-state index < -0.39 is 5.97 Å². The number of hydrogen-bond acceptors (Lipinski definition) is 4. The monoisotopic (exact) mass is 303 g/mol. The summed E-state index contributed by atoms with van der Waals surface area (Å²) in [5, 5.41) is 0.675. The molecule has 0 N–H and O–H groups in total. The second kappa shape index (κ2) is 7.11. The van der Waals surface area contributed by atoms with Crippen LogP contribution in [0.1, 0.15) is 37.6 Å². The van der Waals surface area contributed by atoms with Gasteiger partial charge in [-0.1, -0.05) is 13.0 Å². The van der Waals surface area contributed by atoms with Crippen LogP contribution in [0.4, 0.5) is 0 Å². The van der Waals surface area contributed by atoms with Gasteiger partial charge in [-0.3, -0.25) is 4.79 Å². The van der Waals surface area contributed by atoms with E-state index in [1.807, 2.05) is 19.9 Å². The zero-order valence-corrected chi connectivity index (χ0v) is 13.2. The molecule has 0 radical (unpaired) electrons. The number of rotatable bonds is 6. The smallest absolute Gasteiger partial charge is 0.338 e. The normalized spacial score (nSPS) is 10.7. The number of nitrogens with zero attached hydrogens (tertiary/aromatic N) is 1. The number of fused-ring (bicyclic) bond motifs is 1. The van der Waals surface area contributed by atoms with Gasteiger partial charge < -0.3 is 14.0 Å². The van der Waals surface area contributed by atoms with Crippen LogP contribution in [0.2, 0.25) is 0 Å². The number of pyridine rings is 1. The highest BCUT2D eigenvalue weighted by Gasteiger charge is 2.16. The molecule has 0 aliphatic rings. The van der Waals surface area contributed by atoms with Crippen LogP contribution in [-0.2, 0) is 11.3 Å². The van der Waals surface area contributed by atoms with Crippen molar-refractivity contribution in [1.29, 1.82) is 0 Å². The summed E-state index contributed by atoms with van der Waals surface area (Å²) in [4.78, 5) is 24.6. The number of benzene rings is 1. The summed E-state index contributed by atoms with van der Waals surface area (Å²) in [7, 11) is 0. The van der Waals surface area contributed by atoms with E-state index in [2.05, 4.69) is 0 Å². The fourth-order valence-electron chi connectivity index (χ4n) is 2.39. The van der Waals surface area contributed by atoms with Gasteiger partial charge in [0, 0.05) is 11.9 Å². The molecular weight excluding hydrogens is 282 g/mol. The lowest BCUT2D eigenvalue weighted by molar-refractivity contribution is 0.0528. The summed E-state index contributed by atoms with van der Waals surface area (Å²) < 4.78 is 12.3. The second-order valence-electron chi connectivity index (χ2n) is 4.87. The van der Waals surface area contributed by atoms with Gasteiger partial charge in [0.25, 0.3) is 5.56 Å². The number of carbonyl (C=O) groups is 1. The van der Waals surface area contributed by atoms with Crippen LogP contribution < -0.4 is 10.3 Å². The van der Waals surface area contributed by atoms with Crippen LogP contribution in [-0.4, -0.2) is 23.8 Å². The Morgan fingerprint density at radius 2 is 2.00 bits per heavy atom. The SMILES string of the molecule is CCCOc1cc2c(C(=O)OCC)cccc2n(CC)c1=O. The molecule has 0 fully saturated rings. The van der Waals surface area contributed by atoms with E-state index in [0.29, 0.717) is 36.2 Å². The van der Waals surface area contributed by atoms with Crippen LogP contribution in [0.3, 0.4) is 0 Å². The van der Waals surface area contributed by atoms with E-state index in [0.717, 1.165) is 6.42 Å². The maximum Gasteiger partial charge on any atom is 0.338 e. The topological polar surface area (TPSA) is 57.5 Å². The molecule has 5 heteroatoms. The molecule has 0 aliphatic heterocycles. The molecule has 0 aliphatic carbocycles. The number of ether oxygens (including phenoxy) is 2. The Kier molecular flexibility index (Phi) is 5.20. The number of carbonyl (C=O) groups excluding carboxylic acids is 1. The average molecular weight is 303 g/mol. The molecular formula is C17H21NO4. The predicted molar refractivity (Wildman–Crippen MR) is 85.6 cm³/mol. The highest BCUT2D eigenvalue weighted by Crippen LogP contribution is 2.22. The summed E-state index contributed by atoms with van der Waals surface area (Å²) in [6.45, 7) is 6.91. The molecule has 0 saturated carbocycles. The Morgan fingerprint density at radius 3 is 2.64 bits per heavy atom. The summed E-state index contributed by atoms with van der Waals surface area (Å²) in [5.41, 5.74) is 0.981. The van der Waals surface area contributed by atoms with Gasteiger partial charge in [0.2, 0.25) is 0 Å². The largest absolute Gasteiger partial charge is 0.488 e. The Labute approximate surface area is 129 Å². The molecule has 0 bridgehead atoms.